The third kappa shape index (κ3) is 1.80. The molecule has 3 nitrogen and oxygen atoms in total. The standard InChI is InChI=1S/C17H23N3/c1-20-10-11(9-18)7-17(20)12-5-6-16-14(8-12)13-3-2-4-15(13)19-16/h5-6,8,11,17,19H,2-4,7,9-10,18H2,1H3. The molecular formula is C17H23N3. The van der Waals surface area contributed by atoms with Gasteiger partial charge in [0.05, 0.1) is 0 Å². The summed E-state index contributed by atoms with van der Waals surface area (Å²) >= 11 is 0. The van der Waals surface area contributed by atoms with Crippen LogP contribution in [0.3, 0.4) is 0 Å². The summed E-state index contributed by atoms with van der Waals surface area (Å²) in [4.78, 5) is 6.06. The molecule has 1 aromatic carbocycles. The predicted octanol–water partition coefficient (Wildman–Crippen LogP) is 2.61. The number of rotatable bonds is 2. The van der Waals surface area contributed by atoms with E-state index in [-0.39, 0.29) is 0 Å². The van der Waals surface area contributed by atoms with Crippen LogP contribution >= 0.6 is 0 Å². The Balaban J connectivity index is 1.74. The Morgan fingerprint density at radius 3 is 3.05 bits per heavy atom. The molecule has 1 saturated heterocycles. The molecule has 106 valence electrons. The zero-order valence-corrected chi connectivity index (χ0v) is 12.2. The van der Waals surface area contributed by atoms with E-state index in [2.05, 4.69) is 35.1 Å². The number of H-pyrrole nitrogens is 1. The van der Waals surface area contributed by atoms with Crippen molar-refractivity contribution in [3.05, 3.63) is 35.0 Å². The summed E-state index contributed by atoms with van der Waals surface area (Å²) in [6, 6.07) is 7.54. The lowest BCUT2D eigenvalue weighted by Crippen LogP contribution is -2.20. The highest BCUT2D eigenvalue weighted by Gasteiger charge is 2.30. The van der Waals surface area contributed by atoms with Crippen molar-refractivity contribution in [2.75, 3.05) is 20.1 Å². The zero-order chi connectivity index (χ0) is 13.7. The lowest BCUT2D eigenvalue weighted by atomic mass is 9.98. The Bertz CT molecular complexity index is 643. The van der Waals surface area contributed by atoms with Gasteiger partial charge in [-0.15, -0.1) is 0 Å². The highest BCUT2D eigenvalue weighted by atomic mass is 15.2. The highest BCUT2D eigenvalue weighted by Crippen LogP contribution is 2.37. The largest absolute Gasteiger partial charge is 0.358 e. The second-order valence-corrected chi connectivity index (χ2v) is 6.53. The van der Waals surface area contributed by atoms with E-state index >= 15 is 0 Å². The van der Waals surface area contributed by atoms with Gasteiger partial charge in [-0.25, -0.2) is 0 Å². The fourth-order valence-electron chi connectivity index (χ4n) is 4.14. The van der Waals surface area contributed by atoms with Crippen LogP contribution in [0.15, 0.2) is 18.2 Å². The maximum atomic E-state index is 5.85. The molecule has 2 aliphatic rings. The molecule has 20 heavy (non-hydrogen) atoms. The number of aromatic amines is 1. The maximum Gasteiger partial charge on any atom is 0.0459 e. The fraction of sp³-hybridized carbons (Fsp3) is 0.529. The van der Waals surface area contributed by atoms with Crippen LogP contribution in [0.25, 0.3) is 10.9 Å². The van der Waals surface area contributed by atoms with Crippen molar-refractivity contribution in [1.82, 2.24) is 9.88 Å². The molecule has 1 aliphatic carbocycles. The topological polar surface area (TPSA) is 45.0 Å². The summed E-state index contributed by atoms with van der Waals surface area (Å²) < 4.78 is 0. The van der Waals surface area contributed by atoms with Gasteiger partial charge in [0.1, 0.15) is 0 Å². The summed E-state index contributed by atoms with van der Waals surface area (Å²) in [7, 11) is 2.23. The van der Waals surface area contributed by atoms with Gasteiger partial charge in [-0.1, -0.05) is 6.07 Å². The fourth-order valence-corrected chi connectivity index (χ4v) is 4.14. The molecule has 0 amide bonds. The molecule has 2 unspecified atom stereocenters. The first kappa shape index (κ1) is 12.4. The van der Waals surface area contributed by atoms with Crippen LogP contribution in [0.5, 0.6) is 0 Å². The van der Waals surface area contributed by atoms with Crippen LogP contribution in [0, 0.1) is 5.92 Å². The lowest BCUT2D eigenvalue weighted by Gasteiger charge is -2.19. The molecule has 1 aromatic heterocycles. The SMILES string of the molecule is CN1CC(CN)CC1c1ccc2[nH]c3c(c2c1)CCC3. The first-order chi connectivity index (χ1) is 9.76. The van der Waals surface area contributed by atoms with Crippen molar-refractivity contribution in [2.24, 2.45) is 11.7 Å². The Morgan fingerprint density at radius 2 is 2.25 bits per heavy atom. The third-order valence-corrected chi connectivity index (χ3v) is 5.23. The van der Waals surface area contributed by atoms with E-state index in [1.165, 1.54) is 47.8 Å². The van der Waals surface area contributed by atoms with Crippen molar-refractivity contribution in [3.8, 4) is 0 Å². The maximum absolute atomic E-state index is 5.85. The molecule has 2 atom stereocenters. The minimum absolute atomic E-state index is 0.542. The smallest absolute Gasteiger partial charge is 0.0459 e. The van der Waals surface area contributed by atoms with Crippen LogP contribution in [-0.2, 0) is 12.8 Å². The van der Waals surface area contributed by atoms with Gasteiger partial charge in [0.2, 0.25) is 0 Å². The van der Waals surface area contributed by atoms with E-state index in [1.54, 1.807) is 5.56 Å². The van der Waals surface area contributed by atoms with Crippen molar-refractivity contribution in [2.45, 2.75) is 31.7 Å². The number of fused-ring (bicyclic) bond motifs is 3. The normalized spacial score (nSPS) is 26.5. The second-order valence-electron chi connectivity index (χ2n) is 6.53. The minimum atomic E-state index is 0.542. The van der Waals surface area contributed by atoms with Crippen molar-refractivity contribution < 1.29 is 0 Å². The van der Waals surface area contributed by atoms with Gasteiger partial charge in [0, 0.05) is 29.2 Å². The number of likely N-dealkylation sites (tertiary alicyclic amines) is 1. The molecule has 2 heterocycles. The number of hydrogen-bond acceptors (Lipinski definition) is 2. The number of nitrogens with two attached hydrogens (primary N) is 1. The van der Waals surface area contributed by atoms with E-state index in [1.807, 2.05) is 0 Å². The highest BCUT2D eigenvalue weighted by molar-refractivity contribution is 5.86. The van der Waals surface area contributed by atoms with E-state index in [0.29, 0.717) is 12.0 Å². The Morgan fingerprint density at radius 1 is 1.35 bits per heavy atom. The van der Waals surface area contributed by atoms with Crippen LogP contribution in [0.1, 0.15) is 35.7 Å². The third-order valence-electron chi connectivity index (χ3n) is 5.23. The van der Waals surface area contributed by atoms with Crippen LogP contribution in [0.4, 0.5) is 0 Å². The first-order valence-electron chi connectivity index (χ1n) is 7.80. The monoisotopic (exact) mass is 269 g/mol. The number of hydrogen-bond donors (Lipinski definition) is 2. The minimum Gasteiger partial charge on any atom is -0.358 e. The van der Waals surface area contributed by atoms with Crippen molar-refractivity contribution in [1.29, 1.82) is 0 Å². The van der Waals surface area contributed by atoms with Gasteiger partial charge in [0.15, 0.2) is 0 Å². The summed E-state index contributed by atoms with van der Waals surface area (Å²) in [6.07, 6.45) is 4.97. The van der Waals surface area contributed by atoms with E-state index in [0.717, 1.165) is 13.1 Å². The summed E-state index contributed by atoms with van der Waals surface area (Å²) in [6.45, 7) is 1.94. The second kappa shape index (κ2) is 4.61. The average Bonchev–Trinajstić information content (AvgIpc) is 3.11. The van der Waals surface area contributed by atoms with Crippen molar-refractivity contribution >= 4 is 10.9 Å². The molecule has 0 radical (unpaired) electrons. The van der Waals surface area contributed by atoms with Gasteiger partial charge in [-0.3, -0.25) is 4.90 Å². The number of nitrogens with zero attached hydrogens (tertiary/aromatic N) is 1. The zero-order valence-electron chi connectivity index (χ0n) is 12.2. The molecule has 0 bridgehead atoms. The summed E-state index contributed by atoms with van der Waals surface area (Å²) in [5, 5.41) is 1.46. The molecule has 3 N–H and O–H groups in total. The van der Waals surface area contributed by atoms with Crippen molar-refractivity contribution in [3.63, 3.8) is 0 Å². The molecule has 1 fully saturated rings. The summed E-state index contributed by atoms with van der Waals surface area (Å²) in [5.41, 5.74) is 11.7. The van der Waals surface area contributed by atoms with Gasteiger partial charge in [-0.05, 0) is 68.5 Å². The average molecular weight is 269 g/mol. The van der Waals surface area contributed by atoms with E-state index in [4.69, 9.17) is 5.73 Å². The molecule has 0 saturated carbocycles. The Hall–Kier alpha value is -1.32. The number of aryl methyl sites for hydroxylation is 2. The number of benzene rings is 1. The number of nitrogens with one attached hydrogen (secondary N) is 1. The molecule has 3 heteroatoms. The number of aromatic nitrogens is 1. The lowest BCUT2D eigenvalue weighted by molar-refractivity contribution is 0.314. The Kier molecular flexibility index (Phi) is 2.86. The molecular weight excluding hydrogens is 246 g/mol. The predicted molar refractivity (Wildman–Crippen MR) is 82.9 cm³/mol. The van der Waals surface area contributed by atoms with E-state index in [9.17, 15) is 0 Å². The van der Waals surface area contributed by atoms with E-state index < -0.39 is 0 Å². The Labute approximate surface area is 120 Å². The molecule has 4 rings (SSSR count). The van der Waals surface area contributed by atoms with Gasteiger partial charge in [0.25, 0.3) is 0 Å². The van der Waals surface area contributed by atoms with Gasteiger partial charge < -0.3 is 10.7 Å². The van der Waals surface area contributed by atoms with Crippen LogP contribution < -0.4 is 5.73 Å². The van der Waals surface area contributed by atoms with Crippen LogP contribution in [-0.4, -0.2) is 30.0 Å². The van der Waals surface area contributed by atoms with Gasteiger partial charge >= 0.3 is 0 Å². The molecule has 2 aromatic rings. The molecule has 0 spiro atoms. The summed E-state index contributed by atoms with van der Waals surface area (Å²) in [5.74, 6) is 0.651. The molecule has 1 aliphatic heterocycles. The van der Waals surface area contributed by atoms with Gasteiger partial charge in [-0.2, -0.15) is 0 Å². The quantitative estimate of drug-likeness (QED) is 0.880. The van der Waals surface area contributed by atoms with Crippen LogP contribution in [0.2, 0.25) is 0 Å². The first-order valence-corrected chi connectivity index (χ1v) is 7.80.